The van der Waals surface area contributed by atoms with E-state index in [1.165, 1.54) is 17.7 Å². The Morgan fingerprint density at radius 3 is 2.67 bits per heavy atom. The third-order valence-corrected chi connectivity index (χ3v) is 3.98. The number of thioether (sulfide) groups is 1. The maximum absolute atomic E-state index is 13.0. The Labute approximate surface area is 111 Å². The van der Waals surface area contributed by atoms with Crippen molar-refractivity contribution in [3.05, 3.63) is 65.5 Å². The molecule has 0 aromatic heterocycles. The summed E-state index contributed by atoms with van der Waals surface area (Å²) in [5.74, 6) is 0.210. The largest absolute Gasteiger partial charge is 0.388 e. The van der Waals surface area contributed by atoms with Gasteiger partial charge in [0.15, 0.2) is 0 Å². The Kier molecular flexibility index (Phi) is 4.39. The molecule has 0 radical (unpaired) electrons. The van der Waals surface area contributed by atoms with Crippen LogP contribution in [0.5, 0.6) is 0 Å². The van der Waals surface area contributed by atoms with E-state index in [2.05, 4.69) is 0 Å². The fourth-order valence-electron chi connectivity index (χ4n) is 1.70. The van der Waals surface area contributed by atoms with Gasteiger partial charge in [0, 0.05) is 10.6 Å². The molecule has 3 heteroatoms. The van der Waals surface area contributed by atoms with E-state index in [0.29, 0.717) is 11.3 Å². The lowest BCUT2D eigenvalue weighted by Crippen LogP contribution is -2.01. The van der Waals surface area contributed by atoms with Crippen molar-refractivity contribution in [3.63, 3.8) is 0 Å². The molecule has 94 valence electrons. The van der Waals surface area contributed by atoms with Crippen LogP contribution in [-0.2, 0) is 0 Å². The van der Waals surface area contributed by atoms with Crippen molar-refractivity contribution in [2.45, 2.75) is 17.9 Å². The van der Waals surface area contributed by atoms with Crippen molar-refractivity contribution in [3.8, 4) is 0 Å². The summed E-state index contributed by atoms with van der Waals surface area (Å²) in [6, 6.07) is 14.1. The summed E-state index contributed by atoms with van der Waals surface area (Å²) in [5, 5.41) is 10.0. The second-order valence-corrected chi connectivity index (χ2v) is 5.21. The minimum atomic E-state index is -0.648. The molecule has 2 aromatic rings. The first-order valence-electron chi connectivity index (χ1n) is 5.79. The fraction of sp³-hybridized carbons (Fsp3) is 0.200. The average molecular weight is 262 g/mol. The number of aliphatic hydroxyl groups excluding tert-OH is 1. The molecule has 0 amide bonds. The van der Waals surface area contributed by atoms with Crippen molar-refractivity contribution >= 4 is 11.8 Å². The first-order valence-corrected chi connectivity index (χ1v) is 6.77. The van der Waals surface area contributed by atoms with Crippen LogP contribution in [0.1, 0.15) is 17.2 Å². The molecule has 18 heavy (non-hydrogen) atoms. The lowest BCUT2D eigenvalue weighted by Gasteiger charge is -2.11. The quantitative estimate of drug-likeness (QED) is 0.842. The highest BCUT2D eigenvalue weighted by atomic mass is 32.2. The summed E-state index contributed by atoms with van der Waals surface area (Å²) in [6.07, 6.45) is -0.648. The molecule has 2 aromatic carbocycles. The van der Waals surface area contributed by atoms with Crippen LogP contribution < -0.4 is 0 Å². The first-order chi connectivity index (χ1) is 8.66. The lowest BCUT2D eigenvalue weighted by molar-refractivity contribution is 0.203. The molecular weight excluding hydrogens is 247 g/mol. The number of hydrogen-bond donors (Lipinski definition) is 1. The highest BCUT2D eigenvalue weighted by Gasteiger charge is 2.09. The van der Waals surface area contributed by atoms with Crippen LogP contribution in [0.4, 0.5) is 4.39 Å². The molecule has 1 nitrogen and oxygen atoms in total. The minimum Gasteiger partial charge on any atom is -0.388 e. The molecule has 0 heterocycles. The van der Waals surface area contributed by atoms with E-state index in [1.54, 1.807) is 23.9 Å². The third-order valence-electron chi connectivity index (χ3n) is 2.72. The number of aryl methyl sites for hydroxylation is 1. The molecule has 0 aliphatic rings. The maximum atomic E-state index is 13.0. The molecule has 0 saturated carbocycles. The van der Waals surface area contributed by atoms with E-state index >= 15 is 0 Å². The van der Waals surface area contributed by atoms with Gasteiger partial charge in [0.1, 0.15) is 5.82 Å². The molecule has 0 saturated heterocycles. The second kappa shape index (κ2) is 6.03. The number of rotatable bonds is 4. The normalized spacial score (nSPS) is 12.4. The lowest BCUT2D eigenvalue weighted by atomic mass is 10.1. The van der Waals surface area contributed by atoms with E-state index in [-0.39, 0.29) is 5.82 Å². The van der Waals surface area contributed by atoms with Crippen LogP contribution in [0.2, 0.25) is 0 Å². The van der Waals surface area contributed by atoms with Gasteiger partial charge in [-0.2, -0.15) is 0 Å². The molecule has 1 unspecified atom stereocenters. The highest BCUT2D eigenvalue weighted by Crippen LogP contribution is 2.27. The third kappa shape index (κ3) is 3.34. The van der Waals surface area contributed by atoms with Gasteiger partial charge in [-0.05, 0) is 36.2 Å². The summed E-state index contributed by atoms with van der Waals surface area (Å²) in [6.45, 7) is 2.04. The fourth-order valence-corrected chi connectivity index (χ4v) is 2.70. The standard InChI is InChI=1S/C15H15FOS/c1-11-5-2-3-8-15(11)18-10-14(17)12-6-4-7-13(16)9-12/h2-9,14,17H,10H2,1H3. The van der Waals surface area contributed by atoms with Gasteiger partial charge in [-0.3, -0.25) is 0 Å². The number of hydrogen-bond acceptors (Lipinski definition) is 2. The van der Waals surface area contributed by atoms with Crippen LogP contribution in [0.25, 0.3) is 0 Å². The van der Waals surface area contributed by atoms with E-state index in [4.69, 9.17) is 0 Å². The summed E-state index contributed by atoms with van der Waals surface area (Å²) in [5.41, 5.74) is 1.81. The second-order valence-electron chi connectivity index (χ2n) is 4.15. The van der Waals surface area contributed by atoms with Crippen molar-refractivity contribution in [2.24, 2.45) is 0 Å². The maximum Gasteiger partial charge on any atom is 0.123 e. The van der Waals surface area contributed by atoms with Crippen LogP contribution >= 0.6 is 11.8 Å². The van der Waals surface area contributed by atoms with Crippen molar-refractivity contribution in [1.82, 2.24) is 0 Å². The average Bonchev–Trinajstić information content (AvgIpc) is 2.37. The van der Waals surface area contributed by atoms with E-state index in [0.717, 1.165) is 4.90 Å². The number of halogens is 1. The smallest absolute Gasteiger partial charge is 0.123 e. The van der Waals surface area contributed by atoms with Crippen molar-refractivity contribution < 1.29 is 9.50 Å². The predicted molar refractivity (Wildman–Crippen MR) is 73.3 cm³/mol. The Morgan fingerprint density at radius 1 is 1.17 bits per heavy atom. The molecule has 0 bridgehead atoms. The number of benzene rings is 2. The van der Waals surface area contributed by atoms with Gasteiger partial charge in [0.2, 0.25) is 0 Å². The molecule has 2 rings (SSSR count). The predicted octanol–water partition coefficient (Wildman–Crippen LogP) is 3.96. The van der Waals surface area contributed by atoms with Crippen LogP contribution in [0.15, 0.2) is 53.4 Å². The minimum absolute atomic E-state index is 0.313. The van der Waals surface area contributed by atoms with E-state index in [1.807, 2.05) is 31.2 Å². The van der Waals surface area contributed by atoms with Crippen molar-refractivity contribution in [1.29, 1.82) is 0 Å². The molecule has 1 N–H and O–H groups in total. The molecule has 0 fully saturated rings. The molecule has 0 spiro atoms. The summed E-state index contributed by atoms with van der Waals surface area (Å²) in [7, 11) is 0. The molecular formula is C15H15FOS. The zero-order valence-corrected chi connectivity index (χ0v) is 11.0. The van der Waals surface area contributed by atoms with Gasteiger partial charge < -0.3 is 5.11 Å². The Hall–Kier alpha value is -1.32. The van der Waals surface area contributed by atoms with Gasteiger partial charge >= 0.3 is 0 Å². The summed E-state index contributed by atoms with van der Waals surface area (Å²) >= 11 is 1.58. The van der Waals surface area contributed by atoms with Gasteiger partial charge in [-0.1, -0.05) is 30.3 Å². The van der Waals surface area contributed by atoms with E-state index < -0.39 is 6.10 Å². The van der Waals surface area contributed by atoms with Crippen LogP contribution in [0.3, 0.4) is 0 Å². The topological polar surface area (TPSA) is 20.2 Å². The monoisotopic (exact) mass is 262 g/mol. The highest BCUT2D eigenvalue weighted by molar-refractivity contribution is 7.99. The van der Waals surface area contributed by atoms with Crippen molar-refractivity contribution in [2.75, 3.05) is 5.75 Å². The Balaban J connectivity index is 2.00. The molecule has 0 aliphatic carbocycles. The SMILES string of the molecule is Cc1ccccc1SCC(O)c1cccc(F)c1. The van der Waals surface area contributed by atoms with Crippen LogP contribution in [0, 0.1) is 12.7 Å². The Bertz CT molecular complexity index is 527. The number of aliphatic hydroxyl groups is 1. The first kappa shape index (κ1) is 13.1. The summed E-state index contributed by atoms with van der Waals surface area (Å²) < 4.78 is 13.0. The van der Waals surface area contributed by atoms with Gasteiger partial charge in [-0.15, -0.1) is 11.8 Å². The zero-order valence-electron chi connectivity index (χ0n) is 10.1. The molecule has 0 aliphatic heterocycles. The van der Waals surface area contributed by atoms with Crippen LogP contribution in [-0.4, -0.2) is 10.9 Å². The van der Waals surface area contributed by atoms with Gasteiger partial charge in [0.25, 0.3) is 0 Å². The van der Waals surface area contributed by atoms with E-state index in [9.17, 15) is 9.50 Å². The Morgan fingerprint density at radius 2 is 1.94 bits per heavy atom. The van der Waals surface area contributed by atoms with Gasteiger partial charge in [0.05, 0.1) is 6.10 Å². The zero-order chi connectivity index (χ0) is 13.0. The summed E-state index contributed by atoms with van der Waals surface area (Å²) in [4.78, 5) is 1.15. The van der Waals surface area contributed by atoms with Gasteiger partial charge in [-0.25, -0.2) is 4.39 Å². The molecule has 1 atom stereocenters.